The summed E-state index contributed by atoms with van der Waals surface area (Å²) in [6.45, 7) is 5.21. The number of methoxy groups -OCH3 is 1. The Bertz CT molecular complexity index is 448. The Kier molecular flexibility index (Phi) is 5.41. The van der Waals surface area contributed by atoms with Crippen LogP contribution < -0.4 is 10.2 Å². The summed E-state index contributed by atoms with van der Waals surface area (Å²) < 4.78 is 4.80. The molecule has 1 N–H and O–H groups in total. The van der Waals surface area contributed by atoms with Gasteiger partial charge in [0.05, 0.1) is 12.7 Å². The van der Waals surface area contributed by atoms with E-state index in [2.05, 4.69) is 23.2 Å². The second kappa shape index (κ2) is 7.29. The normalized spacial score (nSPS) is 18.9. The molecule has 0 saturated carbocycles. The Hall–Kier alpha value is -1.55. The molecule has 1 aliphatic heterocycles. The first-order valence-corrected chi connectivity index (χ1v) is 7.42. The molecule has 20 heavy (non-hydrogen) atoms. The fourth-order valence-electron chi connectivity index (χ4n) is 2.73. The topological polar surface area (TPSA) is 41.6 Å². The highest BCUT2D eigenvalue weighted by Gasteiger charge is 2.22. The molecule has 4 nitrogen and oxygen atoms in total. The number of esters is 1. The molecule has 1 atom stereocenters. The van der Waals surface area contributed by atoms with E-state index in [0.717, 1.165) is 25.3 Å². The van der Waals surface area contributed by atoms with Crippen LogP contribution >= 0.6 is 0 Å². The molecule has 0 aliphatic carbocycles. The molecule has 2 rings (SSSR count). The van der Waals surface area contributed by atoms with Crippen molar-refractivity contribution in [2.45, 2.75) is 32.2 Å². The molecule has 1 aliphatic rings. The predicted octanol–water partition coefficient (Wildman–Crippen LogP) is 2.44. The van der Waals surface area contributed by atoms with Crippen molar-refractivity contribution < 1.29 is 9.53 Å². The van der Waals surface area contributed by atoms with Gasteiger partial charge in [0.2, 0.25) is 0 Å². The third-order valence-corrected chi connectivity index (χ3v) is 3.84. The Morgan fingerprint density at radius 3 is 3.10 bits per heavy atom. The van der Waals surface area contributed by atoms with Crippen molar-refractivity contribution in [3.8, 4) is 0 Å². The van der Waals surface area contributed by atoms with E-state index in [9.17, 15) is 4.79 Å². The summed E-state index contributed by atoms with van der Waals surface area (Å²) >= 11 is 0. The number of piperazine rings is 1. The van der Waals surface area contributed by atoms with Gasteiger partial charge >= 0.3 is 5.97 Å². The molecule has 1 heterocycles. The smallest absolute Gasteiger partial charge is 0.337 e. The summed E-state index contributed by atoms with van der Waals surface area (Å²) in [6, 6.07) is 8.27. The van der Waals surface area contributed by atoms with E-state index in [4.69, 9.17) is 4.74 Å². The zero-order chi connectivity index (χ0) is 14.4. The molecular formula is C16H24N2O2. The van der Waals surface area contributed by atoms with Gasteiger partial charge < -0.3 is 15.0 Å². The number of carbonyl (C=O) groups excluding carboxylic acids is 1. The molecule has 0 bridgehead atoms. The fourth-order valence-corrected chi connectivity index (χ4v) is 2.73. The van der Waals surface area contributed by atoms with Crippen molar-refractivity contribution in [3.63, 3.8) is 0 Å². The van der Waals surface area contributed by atoms with Crippen LogP contribution in [0.4, 0.5) is 5.69 Å². The Morgan fingerprint density at radius 1 is 1.50 bits per heavy atom. The van der Waals surface area contributed by atoms with Crippen molar-refractivity contribution in [2.24, 2.45) is 0 Å². The van der Waals surface area contributed by atoms with Crippen LogP contribution in [0.1, 0.15) is 36.5 Å². The molecule has 1 fully saturated rings. The maximum atomic E-state index is 11.6. The van der Waals surface area contributed by atoms with Crippen LogP contribution in [0.3, 0.4) is 0 Å². The number of hydrogen-bond donors (Lipinski definition) is 1. The Morgan fingerprint density at radius 2 is 2.35 bits per heavy atom. The van der Waals surface area contributed by atoms with Gasteiger partial charge in [0.25, 0.3) is 0 Å². The van der Waals surface area contributed by atoms with Gasteiger partial charge in [0, 0.05) is 31.4 Å². The fraction of sp³-hybridized carbons (Fsp3) is 0.562. The van der Waals surface area contributed by atoms with Crippen molar-refractivity contribution >= 4 is 11.7 Å². The zero-order valence-corrected chi connectivity index (χ0v) is 12.4. The lowest BCUT2D eigenvalue weighted by molar-refractivity contribution is 0.0601. The molecule has 1 aromatic carbocycles. The average Bonchev–Trinajstić information content (AvgIpc) is 2.52. The standard InChI is InChI=1S/C16H24N2O2/c1-3-4-7-15-12-17-9-10-18(15)14-8-5-6-13(11-14)16(19)20-2/h5-6,8,11,15,17H,3-4,7,9-10,12H2,1-2H3. The van der Waals surface area contributed by atoms with E-state index in [0.29, 0.717) is 11.6 Å². The predicted molar refractivity (Wildman–Crippen MR) is 81.3 cm³/mol. The van der Waals surface area contributed by atoms with Gasteiger partial charge in [-0.25, -0.2) is 4.79 Å². The van der Waals surface area contributed by atoms with E-state index < -0.39 is 0 Å². The number of carbonyl (C=O) groups is 1. The lowest BCUT2D eigenvalue weighted by Crippen LogP contribution is -2.51. The molecular weight excluding hydrogens is 252 g/mol. The van der Waals surface area contributed by atoms with Gasteiger partial charge in [-0.05, 0) is 24.6 Å². The minimum atomic E-state index is -0.271. The molecule has 1 unspecified atom stereocenters. The van der Waals surface area contributed by atoms with Gasteiger partial charge in [-0.1, -0.05) is 25.8 Å². The van der Waals surface area contributed by atoms with E-state index in [1.54, 1.807) is 6.07 Å². The quantitative estimate of drug-likeness (QED) is 0.839. The van der Waals surface area contributed by atoms with Crippen LogP contribution in [0, 0.1) is 0 Å². The number of ether oxygens (including phenoxy) is 1. The van der Waals surface area contributed by atoms with E-state index >= 15 is 0 Å². The minimum absolute atomic E-state index is 0.271. The Balaban J connectivity index is 2.16. The molecule has 0 amide bonds. The number of unbranched alkanes of at least 4 members (excludes halogenated alkanes) is 1. The van der Waals surface area contributed by atoms with Crippen molar-refractivity contribution in [3.05, 3.63) is 29.8 Å². The highest BCUT2D eigenvalue weighted by molar-refractivity contribution is 5.90. The third-order valence-electron chi connectivity index (χ3n) is 3.84. The largest absolute Gasteiger partial charge is 0.465 e. The molecule has 0 aromatic heterocycles. The molecule has 0 spiro atoms. The summed E-state index contributed by atoms with van der Waals surface area (Å²) in [5.41, 5.74) is 1.74. The van der Waals surface area contributed by atoms with Gasteiger partial charge in [-0.15, -0.1) is 0 Å². The van der Waals surface area contributed by atoms with Gasteiger partial charge in [-0.2, -0.15) is 0 Å². The number of anilines is 1. The molecule has 110 valence electrons. The number of benzene rings is 1. The van der Waals surface area contributed by atoms with Crippen LogP contribution in [-0.4, -0.2) is 38.8 Å². The summed E-state index contributed by atoms with van der Waals surface area (Å²) in [6.07, 6.45) is 3.64. The first-order valence-electron chi connectivity index (χ1n) is 7.42. The maximum absolute atomic E-state index is 11.6. The monoisotopic (exact) mass is 276 g/mol. The molecule has 4 heteroatoms. The highest BCUT2D eigenvalue weighted by atomic mass is 16.5. The number of nitrogens with zero attached hydrogens (tertiary/aromatic N) is 1. The van der Waals surface area contributed by atoms with Crippen LogP contribution in [-0.2, 0) is 4.74 Å². The van der Waals surface area contributed by atoms with Gasteiger partial charge in [0.1, 0.15) is 0 Å². The van der Waals surface area contributed by atoms with Crippen molar-refractivity contribution in [1.82, 2.24) is 5.32 Å². The SMILES string of the molecule is CCCCC1CNCCN1c1cccc(C(=O)OC)c1. The summed E-state index contributed by atoms with van der Waals surface area (Å²) in [5.74, 6) is -0.271. The van der Waals surface area contributed by atoms with Crippen LogP contribution in [0.5, 0.6) is 0 Å². The Labute approximate surface area is 121 Å². The van der Waals surface area contributed by atoms with Crippen molar-refractivity contribution in [2.75, 3.05) is 31.6 Å². The maximum Gasteiger partial charge on any atom is 0.337 e. The third kappa shape index (κ3) is 3.51. The highest BCUT2D eigenvalue weighted by Crippen LogP contribution is 2.22. The van der Waals surface area contributed by atoms with E-state index in [1.807, 2.05) is 12.1 Å². The summed E-state index contributed by atoms with van der Waals surface area (Å²) in [5, 5.41) is 3.46. The number of hydrogen-bond acceptors (Lipinski definition) is 4. The zero-order valence-electron chi connectivity index (χ0n) is 12.4. The van der Waals surface area contributed by atoms with E-state index in [1.165, 1.54) is 26.4 Å². The number of rotatable bonds is 5. The van der Waals surface area contributed by atoms with E-state index in [-0.39, 0.29) is 5.97 Å². The lowest BCUT2D eigenvalue weighted by atomic mass is 10.0. The average molecular weight is 276 g/mol. The van der Waals surface area contributed by atoms with Crippen LogP contribution in [0.25, 0.3) is 0 Å². The second-order valence-electron chi connectivity index (χ2n) is 5.24. The molecule has 1 saturated heterocycles. The van der Waals surface area contributed by atoms with Crippen molar-refractivity contribution in [1.29, 1.82) is 0 Å². The second-order valence-corrected chi connectivity index (χ2v) is 5.24. The van der Waals surface area contributed by atoms with Crippen LogP contribution in [0.15, 0.2) is 24.3 Å². The van der Waals surface area contributed by atoms with Gasteiger partial charge in [0.15, 0.2) is 0 Å². The number of nitrogens with one attached hydrogen (secondary N) is 1. The summed E-state index contributed by atoms with van der Waals surface area (Å²) in [4.78, 5) is 14.1. The molecule has 0 radical (unpaired) electrons. The minimum Gasteiger partial charge on any atom is -0.465 e. The van der Waals surface area contributed by atoms with Crippen LogP contribution in [0.2, 0.25) is 0 Å². The first-order chi connectivity index (χ1) is 9.76. The molecule has 1 aromatic rings. The first kappa shape index (κ1) is 14.9. The summed E-state index contributed by atoms with van der Waals surface area (Å²) in [7, 11) is 1.42. The lowest BCUT2D eigenvalue weighted by Gasteiger charge is -2.38. The van der Waals surface area contributed by atoms with Gasteiger partial charge in [-0.3, -0.25) is 0 Å².